The van der Waals surface area contributed by atoms with Crippen LogP contribution in [0.25, 0.3) is 15.9 Å². The maximum absolute atomic E-state index is 13.2. The van der Waals surface area contributed by atoms with Crippen LogP contribution in [0.4, 0.5) is 0 Å². The summed E-state index contributed by atoms with van der Waals surface area (Å²) in [6, 6.07) is 9.54. The predicted molar refractivity (Wildman–Crippen MR) is 98.6 cm³/mol. The van der Waals surface area contributed by atoms with E-state index >= 15 is 0 Å². The number of nitrogens with zero attached hydrogens (tertiary/aromatic N) is 2. The van der Waals surface area contributed by atoms with Crippen molar-refractivity contribution in [1.82, 2.24) is 9.55 Å². The van der Waals surface area contributed by atoms with E-state index in [1.165, 1.54) is 22.2 Å². The summed E-state index contributed by atoms with van der Waals surface area (Å²) in [5, 5.41) is 1.36. The van der Waals surface area contributed by atoms with Crippen molar-refractivity contribution >= 4 is 39.1 Å². The average Bonchev–Trinajstić information content (AvgIpc) is 3.14. The molecule has 0 aliphatic heterocycles. The molecule has 0 saturated heterocycles. The number of thiophene rings is 1. The molecule has 1 aliphatic carbocycles. The minimum atomic E-state index is -0.0170. The zero-order valence-electron chi connectivity index (χ0n) is 13.2. The molecule has 2 heterocycles. The second-order valence-electron chi connectivity index (χ2n) is 5.90. The molecule has 0 radical (unpaired) electrons. The van der Waals surface area contributed by atoms with Crippen molar-refractivity contribution < 1.29 is 4.79 Å². The van der Waals surface area contributed by atoms with Crippen LogP contribution in [0.2, 0.25) is 0 Å². The Labute approximate surface area is 147 Å². The van der Waals surface area contributed by atoms with E-state index in [4.69, 9.17) is 4.98 Å². The number of ketones is 1. The lowest BCUT2D eigenvalue weighted by molar-refractivity contribution is -0.114. The molecule has 122 valence electrons. The molecule has 0 bridgehead atoms. The van der Waals surface area contributed by atoms with Crippen LogP contribution < -0.4 is 5.56 Å². The van der Waals surface area contributed by atoms with E-state index in [0.717, 1.165) is 35.2 Å². The lowest BCUT2D eigenvalue weighted by Crippen LogP contribution is -2.22. The first-order valence-electron chi connectivity index (χ1n) is 7.90. The minimum absolute atomic E-state index is 0.0170. The van der Waals surface area contributed by atoms with Crippen molar-refractivity contribution in [3.63, 3.8) is 0 Å². The highest BCUT2D eigenvalue weighted by Gasteiger charge is 2.23. The molecular formula is C18H16N2O2S2. The van der Waals surface area contributed by atoms with E-state index in [-0.39, 0.29) is 11.3 Å². The van der Waals surface area contributed by atoms with Crippen molar-refractivity contribution in [2.75, 3.05) is 5.75 Å². The van der Waals surface area contributed by atoms with Crippen LogP contribution >= 0.6 is 23.1 Å². The van der Waals surface area contributed by atoms with E-state index in [1.54, 1.807) is 22.8 Å². The van der Waals surface area contributed by atoms with E-state index in [0.29, 0.717) is 10.9 Å². The topological polar surface area (TPSA) is 52.0 Å². The Hall–Kier alpha value is -1.92. The summed E-state index contributed by atoms with van der Waals surface area (Å²) in [6.07, 6.45) is 3.11. The van der Waals surface area contributed by atoms with Gasteiger partial charge in [-0.25, -0.2) is 4.98 Å². The number of thioether (sulfide) groups is 1. The predicted octanol–water partition coefficient (Wildman–Crippen LogP) is 3.62. The van der Waals surface area contributed by atoms with Gasteiger partial charge in [-0.15, -0.1) is 11.3 Å². The summed E-state index contributed by atoms with van der Waals surface area (Å²) in [5.74, 6) is 0.387. The first-order valence-corrected chi connectivity index (χ1v) is 9.70. The molecule has 0 atom stereocenters. The number of Topliss-reactive ketones (excluding diaryl/α,β-unsaturated/α-hetero) is 1. The smallest absolute Gasteiger partial charge is 0.267 e. The maximum Gasteiger partial charge on any atom is 0.267 e. The van der Waals surface area contributed by atoms with E-state index in [2.05, 4.69) is 0 Å². The summed E-state index contributed by atoms with van der Waals surface area (Å²) in [4.78, 5) is 31.5. The van der Waals surface area contributed by atoms with Crippen molar-refractivity contribution in [3.05, 3.63) is 51.1 Å². The summed E-state index contributed by atoms with van der Waals surface area (Å²) in [5.41, 5.74) is 1.96. The first kappa shape index (κ1) is 15.6. The molecule has 2 aromatic heterocycles. The molecule has 0 amide bonds. The summed E-state index contributed by atoms with van der Waals surface area (Å²) in [7, 11) is 0. The van der Waals surface area contributed by atoms with Gasteiger partial charge in [0.1, 0.15) is 10.6 Å². The lowest BCUT2D eigenvalue weighted by Gasteiger charge is -2.11. The number of fused-ring (bicyclic) bond motifs is 3. The van der Waals surface area contributed by atoms with Crippen molar-refractivity contribution in [2.24, 2.45) is 0 Å². The number of rotatable bonds is 4. The quantitative estimate of drug-likeness (QED) is 0.529. The number of hydrogen-bond donors (Lipinski definition) is 0. The van der Waals surface area contributed by atoms with Crippen LogP contribution in [-0.4, -0.2) is 21.1 Å². The molecule has 0 fully saturated rings. The third-order valence-electron chi connectivity index (χ3n) is 4.13. The highest BCUT2D eigenvalue weighted by Crippen LogP contribution is 2.36. The third-order valence-corrected chi connectivity index (χ3v) is 6.40. The molecule has 1 aliphatic rings. The second kappa shape index (κ2) is 6.18. The Balaban J connectivity index is 1.98. The van der Waals surface area contributed by atoms with Crippen LogP contribution in [0.1, 0.15) is 23.8 Å². The van der Waals surface area contributed by atoms with Gasteiger partial charge in [-0.05, 0) is 43.9 Å². The highest BCUT2D eigenvalue weighted by molar-refractivity contribution is 7.99. The highest BCUT2D eigenvalue weighted by atomic mass is 32.2. The number of aryl methyl sites for hydroxylation is 2. The van der Waals surface area contributed by atoms with Crippen LogP contribution in [-0.2, 0) is 17.6 Å². The molecule has 0 N–H and O–H groups in total. The maximum atomic E-state index is 13.2. The minimum Gasteiger partial charge on any atom is -0.299 e. The van der Waals surface area contributed by atoms with Crippen LogP contribution in [0, 0.1) is 0 Å². The lowest BCUT2D eigenvalue weighted by atomic mass is 10.2. The summed E-state index contributed by atoms with van der Waals surface area (Å²) < 4.78 is 1.65. The Morgan fingerprint density at radius 1 is 1.29 bits per heavy atom. The van der Waals surface area contributed by atoms with Crippen LogP contribution in [0.3, 0.4) is 0 Å². The second-order valence-corrected chi connectivity index (χ2v) is 7.92. The van der Waals surface area contributed by atoms with E-state index in [1.807, 2.05) is 30.3 Å². The molecule has 6 heteroatoms. The van der Waals surface area contributed by atoms with Gasteiger partial charge in [-0.2, -0.15) is 0 Å². The fourth-order valence-corrected chi connectivity index (χ4v) is 5.21. The third kappa shape index (κ3) is 2.59. The molecule has 1 aromatic carbocycles. The molecule has 0 saturated carbocycles. The van der Waals surface area contributed by atoms with Gasteiger partial charge in [0.25, 0.3) is 5.56 Å². The van der Waals surface area contributed by atoms with Crippen molar-refractivity contribution in [1.29, 1.82) is 0 Å². The Kier molecular flexibility index (Phi) is 4.02. The van der Waals surface area contributed by atoms with Crippen LogP contribution in [0.5, 0.6) is 0 Å². The zero-order chi connectivity index (χ0) is 16.7. The van der Waals surface area contributed by atoms with Gasteiger partial charge < -0.3 is 0 Å². The summed E-state index contributed by atoms with van der Waals surface area (Å²) >= 11 is 2.96. The van der Waals surface area contributed by atoms with Crippen LogP contribution in [0.15, 0.2) is 40.3 Å². The number of hydrogen-bond acceptors (Lipinski definition) is 5. The van der Waals surface area contributed by atoms with Crippen molar-refractivity contribution in [2.45, 2.75) is 31.3 Å². The largest absolute Gasteiger partial charge is 0.299 e. The number of aromatic nitrogens is 2. The molecule has 4 rings (SSSR count). The number of carbonyl (C=O) groups excluding carboxylic acids is 1. The fraction of sp³-hybridized carbons (Fsp3) is 0.278. The molecule has 4 nitrogen and oxygen atoms in total. The van der Waals surface area contributed by atoms with Gasteiger partial charge >= 0.3 is 0 Å². The number of carbonyl (C=O) groups is 1. The standard InChI is InChI=1S/C18H16N2O2S2/c1-11(21)10-23-18-19-16-15(13-8-5-9-14(13)24-16)17(22)20(18)12-6-3-2-4-7-12/h2-4,6-7H,5,8-10H2,1H3. The normalized spacial score (nSPS) is 13.4. The Morgan fingerprint density at radius 3 is 2.83 bits per heavy atom. The Bertz CT molecular complexity index is 990. The van der Waals surface area contributed by atoms with Gasteiger partial charge in [0, 0.05) is 4.88 Å². The van der Waals surface area contributed by atoms with E-state index < -0.39 is 0 Å². The van der Waals surface area contributed by atoms with Gasteiger partial charge in [0.15, 0.2) is 5.16 Å². The molecular weight excluding hydrogens is 340 g/mol. The van der Waals surface area contributed by atoms with Crippen molar-refractivity contribution in [3.8, 4) is 5.69 Å². The van der Waals surface area contributed by atoms with Gasteiger partial charge in [0.05, 0.1) is 16.8 Å². The Morgan fingerprint density at radius 2 is 2.08 bits per heavy atom. The van der Waals surface area contributed by atoms with Gasteiger partial charge in [-0.1, -0.05) is 30.0 Å². The molecule has 24 heavy (non-hydrogen) atoms. The average molecular weight is 356 g/mol. The zero-order valence-corrected chi connectivity index (χ0v) is 14.9. The molecule has 0 spiro atoms. The molecule has 3 aromatic rings. The monoisotopic (exact) mass is 356 g/mol. The SMILES string of the molecule is CC(=O)CSc1nc2sc3c(c2c(=O)n1-c1ccccc1)CCC3. The number of para-hydroxylation sites is 1. The number of benzene rings is 1. The van der Waals surface area contributed by atoms with Gasteiger partial charge in [-0.3, -0.25) is 14.2 Å². The van der Waals surface area contributed by atoms with E-state index in [9.17, 15) is 9.59 Å². The summed E-state index contributed by atoms with van der Waals surface area (Å²) in [6.45, 7) is 1.55. The first-order chi connectivity index (χ1) is 11.6. The fourth-order valence-electron chi connectivity index (χ4n) is 3.09. The molecule has 0 unspecified atom stereocenters. The van der Waals surface area contributed by atoms with Gasteiger partial charge in [0.2, 0.25) is 0 Å².